The average Bonchev–Trinajstić information content (AvgIpc) is 3.03. The lowest BCUT2D eigenvalue weighted by molar-refractivity contribution is -0.107. The molecule has 2 heterocycles. The van der Waals surface area contributed by atoms with Crippen molar-refractivity contribution >= 4 is 11.7 Å². The molecule has 2 saturated heterocycles. The van der Waals surface area contributed by atoms with Crippen LogP contribution < -0.4 is 10.1 Å². The van der Waals surface area contributed by atoms with E-state index in [1.54, 1.807) is 36.3 Å². The number of nitrogens with zero attached hydrogens (tertiary/aromatic N) is 3. The van der Waals surface area contributed by atoms with Crippen LogP contribution in [-0.2, 0) is 0 Å². The number of benzene rings is 3. The number of rotatable bonds is 7. The molecule has 3 N–H and O–H groups in total. The summed E-state index contributed by atoms with van der Waals surface area (Å²) < 4.78 is 5.23. The number of anilines is 1. The van der Waals surface area contributed by atoms with Gasteiger partial charge in [-0.2, -0.15) is 0 Å². The highest BCUT2D eigenvalue weighted by atomic mass is 16.5. The van der Waals surface area contributed by atoms with Crippen molar-refractivity contribution in [3.8, 4) is 17.6 Å². The van der Waals surface area contributed by atoms with Crippen molar-refractivity contribution in [2.45, 2.75) is 44.1 Å². The zero-order valence-electron chi connectivity index (χ0n) is 25.2. The molecule has 5 rings (SSSR count). The Bertz CT molecular complexity index is 1400. The lowest BCUT2D eigenvalue weighted by Crippen LogP contribution is -2.72. The number of likely N-dealkylation sites (N-methyl/N-ethyl adjacent to an activating group) is 1. The fourth-order valence-electron chi connectivity index (χ4n) is 6.19. The molecule has 5 unspecified atom stereocenters. The number of nitrogens with one attached hydrogen (secondary N) is 1. The third-order valence-electron chi connectivity index (χ3n) is 8.73. The maximum absolute atomic E-state index is 13.5. The number of hydrogen-bond donors (Lipinski definition) is 3. The lowest BCUT2D eigenvalue weighted by Gasteiger charge is -2.59. The molecule has 0 radical (unpaired) electrons. The number of ether oxygens (including phenoxy) is 1. The molecular weight excluding hydrogens is 540 g/mol. The number of aliphatic hydroxyl groups excluding tert-OH is 2. The molecule has 0 bridgehead atoms. The molecule has 2 aliphatic heterocycles. The average molecular weight is 583 g/mol. The summed E-state index contributed by atoms with van der Waals surface area (Å²) in [6.45, 7) is 7.85. The molecule has 5 atom stereocenters. The van der Waals surface area contributed by atoms with Gasteiger partial charge in [0, 0.05) is 54.5 Å². The van der Waals surface area contributed by atoms with Gasteiger partial charge in [0.15, 0.2) is 0 Å². The summed E-state index contributed by atoms with van der Waals surface area (Å²) in [6.07, 6.45) is -2.01. The second-order valence-electron chi connectivity index (χ2n) is 11.3. The first-order valence-electron chi connectivity index (χ1n) is 15.1. The fraction of sp³-hybridized carbons (Fsp3) is 0.400. The van der Waals surface area contributed by atoms with Crippen LogP contribution in [0, 0.1) is 11.8 Å². The van der Waals surface area contributed by atoms with Gasteiger partial charge in [-0.15, -0.1) is 0 Å². The maximum atomic E-state index is 13.5. The minimum atomic E-state index is -1.04. The standard InChI is InChI=1S/C35H42N4O4/c1-4-37(5-2)21-30-34(27-15-13-26(14-16-27)12-11-25-9-7-6-8-10-25)31-22-38(23-32(40)33(41)24-39(30)31)35(42)36-28-17-19-29(43-3)20-18-28/h6-10,13-20,30-34,40-41H,4-5,21-24H2,1-3H3,(H,36,42). The van der Waals surface area contributed by atoms with Crippen molar-refractivity contribution in [1.29, 1.82) is 0 Å². The Morgan fingerprint density at radius 2 is 1.51 bits per heavy atom. The van der Waals surface area contributed by atoms with Crippen molar-refractivity contribution in [1.82, 2.24) is 14.7 Å². The van der Waals surface area contributed by atoms with Gasteiger partial charge in [-0.3, -0.25) is 4.90 Å². The summed E-state index contributed by atoms with van der Waals surface area (Å²) in [4.78, 5) is 19.8. The Balaban J connectivity index is 1.40. The molecule has 0 saturated carbocycles. The number of fused-ring (bicyclic) bond motifs is 1. The second-order valence-corrected chi connectivity index (χ2v) is 11.3. The molecule has 0 spiro atoms. The number of carbonyl (C=O) groups excluding carboxylic acids is 1. The van der Waals surface area contributed by atoms with Crippen LogP contribution in [0.15, 0.2) is 78.9 Å². The summed E-state index contributed by atoms with van der Waals surface area (Å²) in [5.74, 6) is 7.34. The van der Waals surface area contributed by atoms with Crippen molar-refractivity contribution in [2.24, 2.45) is 0 Å². The van der Waals surface area contributed by atoms with Crippen molar-refractivity contribution in [3.05, 3.63) is 95.6 Å². The molecular formula is C35H42N4O4. The zero-order chi connectivity index (χ0) is 30.3. The molecule has 0 aliphatic carbocycles. The van der Waals surface area contributed by atoms with Gasteiger partial charge in [0.25, 0.3) is 0 Å². The predicted octanol–water partition coefficient (Wildman–Crippen LogP) is 3.84. The van der Waals surface area contributed by atoms with Gasteiger partial charge in [0.1, 0.15) is 5.75 Å². The Morgan fingerprint density at radius 3 is 2.14 bits per heavy atom. The van der Waals surface area contributed by atoms with Crippen molar-refractivity contribution in [2.75, 3.05) is 51.7 Å². The van der Waals surface area contributed by atoms with E-state index < -0.39 is 12.2 Å². The van der Waals surface area contributed by atoms with Crippen LogP contribution >= 0.6 is 0 Å². The Labute approximate surface area is 254 Å². The van der Waals surface area contributed by atoms with E-state index in [1.165, 1.54) is 5.56 Å². The zero-order valence-corrected chi connectivity index (χ0v) is 25.2. The minimum Gasteiger partial charge on any atom is -0.497 e. The number of urea groups is 1. The van der Waals surface area contributed by atoms with Crippen LogP contribution in [0.1, 0.15) is 36.5 Å². The molecule has 3 aromatic rings. The molecule has 8 nitrogen and oxygen atoms in total. The van der Waals surface area contributed by atoms with E-state index in [0.29, 0.717) is 24.5 Å². The lowest BCUT2D eigenvalue weighted by atomic mass is 9.73. The molecule has 2 aliphatic rings. The highest BCUT2D eigenvalue weighted by Crippen LogP contribution is 2.42. The fourth-order valence-corrected chi connectivity index (χ4v) is 6.19. The summed E-state index contributed by atoms with van der Waals surface area (Å²) in [5.41, 5.74) is 3.75. The summed E-state index contributed by atoms with van der Waals surface area (Å²) in [5, 5.41) is 24.8. The van der Waals surface area contributed by atoms with Gasteiger partial charge >= 0.3 is 6.03 Å². The highest BCUT2D eigenvalue weighted by Gasteiger charge is 2.52. The van der Waals surface area contributed by atoms with Crippen LogP contribution in [0.5, 0.6) is 5.75 Å². The third kappa shape index (κ3) is 7.20. The Hall–Kier alpha value is -3.87. The monoisotopic (exact) mass is 582 g/mol. The SMILES string of the molecule is CCN(CC)CC1C(c2ccc(C#Cc3ccccc3)cc2)C2CN(C(=O)Nc3ccc(OC)cc3)CC(O)C(O)CN12. The van der Waals surface area contributed by atoms with E-state index in [1.807, 2.05) is 30.3 Å². The van der Waals surface area contributed by atoms with Gasteiger partial charge in [0.2, 0.25) is 0 Å². The first-order valence-corrected chi connectivity index (χ1v) is 15.1. The van der Waals surface area contributed by atoms with Crippen molar-refractivity contribution < 1.29 is 19.7 Å². The van der Waals surface area contributed by atoms with E-state index in [0.717, 1.165) is 30.8 Å². The van der Waals surface area contributed by atoms with E-state index in [-0.39, 0.29) is 30.6 Å². The normalized spacial score (nSPS) is 23.7. The molecule has 2 fully saturated rings. The van der Waals surface area contributed by atoms with Gasteiger partial charge in [0.05, 0.1) is 25.9 Å². The number of carbonyl (C=O) groups is 1. The maximum Gasteiger partial charge on any atom is 0.321 e. The quantitative estimate of drug-likeness (QED) is 0.367. The van der Waals surface area contributed by atoms with Crippen LogP contribution in [-0.4, -0.2) is 102 Å². The highest BCUT2D eigenvalue weighted by molar-refractivity contribution is 5.89. The Kier molecular flexibility index (Phi) is 10.0. The van der Waals surface area contributed by atoms with Crippen molar-refractivity contribution in [3.63, 3.8) is 0 Å². The number of amides is 2. The second kappa shape index (κ2) is 14.1. The Morgan fingerprint density at radius 1 is 0.884 bits per heavy atom. The number of hydrogen-bond acceptors (Lipinski definition) is 6. The molecule has 2 amide bonds. The van der Waals surface area contributed by atoms with Gasteiger partial charge in [-0.05, 0) is 67.2 Å². The number of β-amino-alcohol motifs (C(OH)–C–C–N with tert-alkyl or cyclic N) is 1. The number of methoxy groups -OCH3 is 1. The minimum absolute atomic E-state index is 0.00872. The van der Waals surface area contributed by atoms with E-state index in [9.17, 15) is 15.0 Å². The topological polar surface area (TPSA) is 88.5 Å². The van der Waals surface area contributed by atoms with Crippen LogP contribution in [0.4, 0.5) is 10.5 Å². The predicted molar refractivity (Wildman–Crippen MR) is 169 cm³/mol. The van der Waals surface area contributed by atoms with E-state index >= 15 is 0 Å². The van der Waals surface area contributed by atoms with Gasteiger partial charge in [-0.1, -0.05) is 56.0 Å². The van der Waals surface area contributed by atoms with E-state index in [4.69, 9.17) is 4.74 Å². The smallest absolute Gasteiger partial charge is 0.321 e. The van der Waals surface area contributed by atoms with Crippen LogP contribution in [0.25, 0.3) is 0 Å². The van der Waals surface area contributed by atoms with Crippen LogP contribution in [0.3, 0.4) is 0 Å². The molecule has 43 heavy (non-hydrogen) atoms. The molecule has 226 valence electrons. The first-order chi connectivity index (χ1) is 20.9. The molecule has 0 aromatic heterocycles. The summed E-state index contributed by atoms with van der Waals surface area (Å²) in [7, 11) is 1.60. The summed E-state index contributed by atoms with van der Waals surface area (Å²) >= 11 is 0. The molecule has 8 heteroatoms. The first kappa shape index (κ1) is 30.6. The number of aliphatic hydroxyl groups is 2. The van der Waals surface area contributed by atoms with Gasteiger partial charge < -0.3 is 30.1 Å². The summed E-state index contributed by atoms with van der Waals surface area (Å²) in [6, 6.07) is 25.3. The van der Waals surface area contributed by atoms with Gasteiger partial charge in [-0.25, -0.2) is 4.79 Å². The largest absolute Gasteiger partial charge is 0.497 e. The van der Waals surface area contributed by atoms with E-state index in [2.05, 4.69) is 65.1 Å². The molecule has 3 aromatic carbocycles. The van der Waals surface area contributed by atoms with Crippen LogP contribution in [0.2, 0.25) is 0 Å². The third-order valence-corrected chi connectivity index (χ3v) is 8.73.